The fourth-order valence-electron chi connectivity index (χ4n) is 1.21. The number of halogens is 1. The summed E-state index contributed by atoms with van der Waals surface area (Å²) in [7, 11) is 0. The Kier molecular flexibility index (Phi) is 8.04. The lowest BCUT2D eigenvalue weighted by Gasteiger charge is -2.14. The first-order chi connectivity index (χ1) is 5.66. The monoisotopic (exact) mass is 192 g/mol. The number of rotatable bonds is 7. The van der Waals surface area contributed by atoms with Crippen molar-refractivity contribution in [3.8, 4) is 0 Å². The first-order valence-electron chi connectivity index (χ1n) is 4.84. The molecule has 0 aliphatic carbocycles. The number of unbranched alkanes of at least 4 members (excludes halogenated alkanes) is 1. The fraction of sp³-hybridized carbons (Fsp3) is 1.00. The van der Waals surface area contributed by atoms with Crippen LogP contribution in [-0.2, 0) is 4.74 Å². The number of ether oxygens (including phenoxy) is 1. The zero-order valence-electron chi connectivity index (χ0n) is 8.48. The van der Waals surface area contributed by atoms with Gasteiger partial charge in [-0.2, -0.15) is 0 Å². The third-order valence-corrected chi connectivity index (χ3v) is 2.00. The van der Waals surface area contributed by atoms with Crippen molar-refractivity contribution in [3.05, 3.63) is 0 Å². The SMILES string of the molecule is CC(C)CC(C)OCCCCCl. The van der Waals surface area contributed by atoms with E-state index in [4.69, 9.17) is 16.3 Å². The van der Waals surface area contributed by atoms with Gasteiger partial charge in [0.25, 0.3) is 0 Å². The molecule has 12 heavy (non-hydrogen) atoms. The van der Waals surface area contributed by atoms with Crippen LogP contribution in [0.3, 0.4) is 0 Å². The minimum absolute atomic E-state index is 0.403. The van der Waals surface area contributed by atoms with Crippen molar-refractivity contribution in [1.29, 1.82) is 0 Å². The molecule has 0 saturated heterocycles. The molecule has 0 aromatic heterocycles. The summed E-state index contributed by atoms with van der Waals surface area (Å²) in [4.78, 5) is 0. The van der Waals surface area contributed by atoms with Crippen molar-refractivity contribution in [2.24, 2.45) is 5.92 Å². The molecule has 0 rings (SSSR count). The van der Waals surface area contributed by atoms with E-state index in [9.17, 15) is 0 Å². The molecule has 74 valence electrons. The highest BCUT2D eigenvalue weighted by Crippen LogP contribution is 2.08. The van der Waals surface area contributed by atoms with Crippen LogP contribution in [0.25, 0.3) is 0 Å². The second-order valence-electron chi connectivity index (χ2n) is 3.71. The van der Waals surface area contributed by atoms with Crippen molar-refractivity contribution in [1.82, 2.24) is 0 Å². The van der Waals surface area contributed by atoms with Gasteiger partial charge in [-0.15, -0.1) is 11.6 Å². The maximum Gasteiger partial charge on any atom is 0.0549 e. The van der Waals surface area contributed by atoms with Crippen LogP contribution in [0.1, 0.15) is 40.0 Å². The molecular formula is C10H21ClO. The summed E-state index contributed by atoms with van der Waals surface area (Å²) in [5.41, 5.74) is 0. The third-order valence-electron chi connectivity index (χ3n) is 1.73. The molecule has 0 amide bonds. The Morgan fingerprint density at radius 2 is 1.83 bits per heavy atom. The zero-order chi connectivity index (χ0) is 9.40. The van der Waals surface area contributed by atoms with Gasteiger partial charge in [-0.1, -0.05) is 13.8 Å². The molecule has 0 bridgehead atoms. The summed E-state index contributed by atoms with van der Waals surface area (Å²) in [6.07, 6.45) is 3.71. The van der Waals surface area contributed by atoms with E-state index in [1.807, 2.05) is 0 Å². The molecule has 0 radical (unpaired) electrons. The summed E-state index contributed by atoms with van der Waals surface area (Å²) in [6.45, 7) is 7.44. The van der Waals surface area contributed by atoms with Gasteiger partial charge < -0.3 is 4.74 Å². The van der Waals surface area contributed by atoms with E-state index in [0.29, 0.717) is 6.10 Å². The molecule has 0 saturated carbocycles. The molecule has 0 N–H and O–H groups in total. The standard InChI is InChI=1S/C10H21ClO/c1-9(2)8-10(3)12-7-5-4-6-11/h9-10H,4-8H2,1-3H3. The molecule has 0 heterocycles. The number of alkyl halides is 1. The van der Waals surface area contributed by atoms with Crippen molar-refractivity contribution in [2.75, 3.05) is 12.5 Å². The molecule has 1 unspecified atom stereocenters. The fourth-order valence-corrected chi connectivity index (χ4v) is 1.40. The van der Waals surface area contributed by atoms with E-state index < -0.39 is 0 Å². The van der Waals surface area contributed by atoms with Gasteiger partial charge in [-0.05, 0) is 32.1 Å². The number of hydrogen-bond donors (Lipinski definition) is 0. The molecule has 0 aliphatic heterocycles. The minimum atomic E-state index is 0.403. The Balaban J connectivity index is 3.14. The predicted molar refractivity (Wildman–Crippen MR) is 54.8 cm³/mol. The predicted octanol–water partition coefficient (Wildman–Crippen LogP) is 3.46. The van der Waals surface area contributed by atoms with Gasteiger partial charge in [0.15, 0.2) is 0 Å². The lowest BCUT2D eigenvalue weighted by atomic mass is 10.1. The molecule has 0 fully saturated rings. The van der Waals surface area contributed by atoms with E-state index in [2.05, 4.69) is 20.8 Å². The lowest BCUT2D eigenvalue weighted by molar-refractivity contribution is 0.0503. The largest absolute Gasteiger partial charge is 0.378 e. The maximum atomic E-state index is 5.60. The van der Waals surface area contributed by atoms with Crippen molar-refractivity contribution < 1.29 is 4.74 Å². The summed E-state index contributed by atoms with van der Waals surface area (Å²) in [5.74, 6) is 1.48. The molecule has 1 nitrogen and oxygen atoms in total. The normalized spacial score (nSPS) is 13.8. The lowest BCUT2D eigenvalue weighted by Crippen LogP contribution is -2.12. The highest BCUT2D eigenvalue weighted by Gasteiger charge is 2.03. The number of hydrogen-bond acceptors (Lipinski definition) is 1. The molecule has 1 atom stereocenters. The van der Waals surface area contributed by atoms with E-state index in [1.165, 1.54) is 0 Å². The molecular weight excluding hydrogens is 172 g/mol. The van der Waals surface area contributed by atoms with Crippen LogP contribution >= 0.6 is 11.6 Å². The van der Waals surface area contributed by atoms with Crippen LogP contribution in [0, 0.1) is 5.92 Å². The van der Waals surface area contributed by atoms with Crippen LogP contribution in [0.2, 0.25) is 0 Å². The van der Waals surface area contributed by atoms with Gasteiger partial charge in [0, 0.05) is 12.5 Å². The summed E-state index contributed by atoms with van der Waals surface area (Å²) in [5, 5.41) is 0. The van der Waals surface area contributed by atoms with Gasteiger partial charge in [-0.25, -0.2) is 0 Å². The third kappa shape index (κ3) is 8.35. The Labute approximate surface area is 81.4 Å². The van der Waals surface area contributed by atoms with Crippen LogP contribution in [0.4, 0.5) is 0 Å². The Morgan fingerprint density at radius 3 is 2.33 bits per heavy atom. The van der Waals surface area contributed by atoms with Crippen molar-refractivity contribution in [3.63, 3.8) is 0 Å². The van der Waals surface area contributed by atoms with Gasteiger partial charge >= 0.3 is 0 Å². The topological polar surface area (TPSA) is 9.23 Å². The first-order valence-corrected chi connectivity index (χ1v) is 5.37. The molecule has 0 aliphatic rings. The van der Waals surface area contributed by atoms with Crippen LogP contribution in [0.15, 0.2) is 0 Å². The quantitative estimate of drug-likeness (QED) is 0.444. The van der Waals surface area contributed by atoms with Gasteiger partial charge in [0.1, 0.15) is 0 Å². The van der Waals surface area contributed by atoms with Gasteiger partial charge in [0.05, 0.1) is 6.10 Å². The second kappa shape index (κ2) is 7.88. The second-order valence-corrected chi connectivity index (χ2v) is 4.09. The van der Waals surface area contributed by atoms with E-state index in [1.54, 1.807) is 0 Å². The first kappa shape index (κ1) is 12.2. The Bertz CT molecular complexity index is 93.8. The summed E-state index contributed by atoms with van der Waals surface area (Å²) in [6, 6.07) is 0. The van der Waals surface area contributed by atoms with Crippen LogP contribution in [-0.4, -0.2) is 18.6 Å². The van der Waals surface area contributed by atoms with E-state index in [-0.39, 0.29) is 0 Å². The average Bonchev–Trinajstić information content (AvgIpc) is 1.97. The highest BCUT2D eigenvalue weighted by molar-refractivity contribution is 6.17. The zero-order valence-corrected chi connectivity index (χ0v) is 9.23. The summed E-state index contributed by atoms with van der Waals surface area (Å²) < 4.78 is 5.60. The van der Waals surface area contributed by atoms with Gasteiger partial charge in [-0.3, -0.25) is 0 Å². The maximum absolute atomic E-state index is 5.60. The average molecular weight is 193 g/mol. The van der Waals surface area contributed by atoms with Crippen LogP contribution < -0.4 is 0 Å². The Hall–Kier alpha value is 0.250. The summed E-state index contributed by atoms with van der Waals surface area (Å²) >= 11 is 5.55. The van der Waals surface area contributed by atoms with E-state index >= 15 is 0 Å². The molecule has 0 aromatic rings. The van der Waals surface area contributed by atoms with Gasteiger partial charge in [0.2, 0.25) is 0 Å². The van der Waals surface area contributed by atoms with Crippen molar-refractivity contribution >= 4 is 11.6 Å². The molecule has 2 heteroatoms. The van der Waals surface area contributed by atoms with E-state index in [0.717, 1.165) is 37.7 Å². The highest BCUT2D eigenvalue weighted by atomic mass is 35.5. The minimum Gasteiger partial charge on any atom is -0.378 e. The molecule has 0 aromatic carbocycles. The Morgan fingerprint density at radius 1 is 1.17 bits per heavy atom. The molecule has 0 spiro atoms. The smallest absolute Gasteiger partial charge is 0.0549 e. The van der Waals surface area contributed by atoms with Crippen LogP contribution in [0.5, 0.6) is 0 Å². The van der Waals surface area contributed by atoms with Crippen molar-refractivity contribution in [2.45, 2.75) is 46.1 Å².